The zero-order valence-corrected chi connectivity index (χ0v) is 14.5. The molecule has 112 valence electrons. The van der Waals surface area contributed by atoms with Crippen LogP contribution in [0.25, 0.3) is 0 Å². The number of hydrogen-bond donors (Lipinski definition) is 1. The van der Waals surface area contributed by atoms with Crippen LogP contribution in [0.1, 0.15) is 40.0 Å². The molecule has 0 heterocycles. The third-order valence-corrected chi connectivity index (χ3v) is 6.11. The summed E-state index contributed by atoms with van der Waals surface area (Å²) in [5.74, 6) is 0.817. The third kappa shape index (κ3) is 4.16. The molecule has 1 aromatic rings. The van der Waals surface area contributed by atoms with Crippen LogP contribution in [0.5, 0.6) is 0 Å². The molecule has 1 fully saturated rings. The lowest BCUT2D eigenvalue weighted by atomic mass is 9.71. The van der Waals surface area contributed by atoms with Gasteiger partial charge in [0.05, 0.1) is 0 Å². The molecule has 3 heteroatoms. The van der Waals surface area contributed by atoms with Crippen LogP contribution in [0.4, 0.5) is 0 Å². The fraction of sp³-hybridized carbons (Fsp3) is 0.647. The molecular formula is C17H26ClNS. The van der Waals surface area contributed by atoms with E-state index in [1.807, 2.05) is 23.9 Å². The second-order valence-corrected chi connectivity index (χ2v) is 8.63. The Bertz CT molecular complexity index is 424. The van der Waals surface area contributed by atoms with E-state index in [0.29, 0.717) is 16.7 Å². The third-order valence-electron chi connectivity index (χ3n) is 4.49. The first-order valence-corrected chi connectivity index (χ1v) is 8.75. The number of hydrogen-bond acceptors (Lipinski definition) is 2. The van der Waals surface area contributed by atoms with Gasteiger partial charge in [-0.1, -0.05) is 32.4 Å². The SMILES string of the molecule is CNC1CCC(C(C)(C)C)CC1Sc1ccc(Cl)cc1. The highest BCUT2D eigenvalue weighted by molar-refractivity contribution is 8.00. The molecule has 3 atom stereocenters. The Morgan fingerprint density at radius 1 is 1.15 bits per heavy atom. The van der Waals surface area contributed by atoms with E-state index in [9.17, 15) is 0 Å². The smallest absolute Gasteiger partial charge is 0.0406 e. The Morgan fingerprint density at radius 3 is 2.35 bits per heavy atom. The summed E-state index contributed by atoms with van der Waals surface area (Å²) in [6, 6.07) is 8.88. The molecule has 1 saturated carbocycles. The molecular weight excluding hydrogens is 286 g/mol. The van der Waals surface area contributed by atoms with Crippen molar-refractivity contribution < 1.29 is 0 Å². The first-order chi connectivity index (χ1) is 9.40. The molecule has 1 nitrogen and oxygen atoms in total. The average Bonchev–Trinajstić information content (AvgIpc) is 2.40. The van der Waals surface area contributed by atoms with Gasteiger partial charge in [-0.3, -0.25) is 0 Å². The van der Waals surface area contributed by atoms with Crippen molar-refractivity contribution in [2.24, 2.45) is 11.3 Å². The van der Waals surface area contributed by atoms with Gasteiger partial charge in [-0.15, -0.1) is 11.8 Å². The molecule has 3 unspecified atom stereocenters. The Hall–Kier alpha value is -0.180. The van der Waals surface area contributed by atoms with Gasteiger partial charge < -0.3 is 5.32 Å². The highest BCUT2D eigenvalue weighted by atomic mass is 35.5. The van der Waals surface area contributed by atoms with Crippen LogP contribution in [0.3, 0.4) is 0 Å². The Balaban J connectivity index is 2.07. The normalized spacial score (nSPS) is 27.6. The van der Waals surface area contributed by atoms with Gasteiger partial charge >= 0.3 is 0 Å². The first kappa shape index (κ1) is 16.2. The molecule has 0 aromatic heterocycles. The zero-order chi connectivity index (χ0) is 14.8. The number of nitrogens with one attached hydrogen (secondary N) is 1. The van der Waals surface area contributed by atoms with E-state index in [0.717, 1.165) is 10.9 Å². The van der Waals surface area contributed by atoms with Gasteiger partial charge in [-0.25, -0.2) is 0 Å². The number of benzene rings is 1. The molecule has 20 heavy (non-hydrogen) atoms. The van der Waals surface area contributed by atoms with Crippen LogP contribution in [0.15, 0.2) is 29.2 Å². The summed E-state index contributed by atoms with van der Waals surface area (Å²) in [6.07, 6.45) is 3.92. The largest absolute Gasteiger partial charge is 0.316 e. The number of thioether (sulfide) groups is 1. The maximum absolute atomic E-state index is 5.97. The van der Waals surface area contributed by atoms with Crippen LogP contribution < -0.4 is 5.32 Å². The lowest BCUT2D eigenvalue weighted by Crippen LogP contribution is -2.43. The highest BCUT2D eigenvalue weighted by Gasteiger charge is 2.35. The van der Waals surface area contributed by atoms with Gasteiger partial charge in [-0.2, -0.15) is 0 Å². The highest BCUT2D eigenvalue weighted by Crippen LogP contribution is 2.43. The van der Waals surface area contributed by atoms with Gasteiger partial charge in [0.15, 0.2) is 0 Å². The standard InChI is InChI=1S/C17H26ClNS/c1-17(2,3)12-5-10-15(19-4)16(11-12)20-14-8-6-13(18)7-9-14/h6-9,12,15-16,19H,5,10-11H2,1-4H3. The summed E-state index contributed by atoms with van der Waals surface area (Å²) in [7, 11) is 2.09. The molecule has 0 spiro atoms. The summed E-state index contributed by atoms with van der Waals surface area (Å²) in [5, 5.41) is 4.98. The monoisotopic (exact) mass is 311 g/mol. The summed E-state index contributed by atoms with van der Waals surface area (Å²) < 4.78 is 0. The predicted octanol–water partition coefficient (Wildman–Crippen LogP) is 5.23. The second-order valence-electron chi connectivity index (χ2n) is 6.88. The Morgan fingerprint density at radius 2 is 1.80 bits per heavy atom. The molecule has 0 amide bonds. The van der Waals surface area contributed by atoms with Crippen molar-refractivity contribution in [2.75, 3.05) is 7.05 Å². The van der Waals surface area contributed by atoms with Gasteiger partial charge in [0.2, 0.25) is 0 Å². The van der Waals surface area contributed by atoms with Gasteiger partial charge in [0.25, 0.3) is 0 Å². The van der Waals surface area contributed by atoms with E-state index >= 15 is 0 Å². The minimum atomic E-state index is 0.414. The Labute approximate surface area is 132 Å². The van der Waals surface area contributed by atoms with E-state index in [1.165, 1.54) is 24.2 Å². The summed E-state index contributed by atoms with van der Waals surface area (Å²) in [4.78, 5) is 1.33. The van der Waals surface area contributed by atoms with Crippen molar-refractivity contribution in [3.8, 4) is 0 Å². The van der Waals surface area contributed by atoms with Crippen molar-refractivity contribution in [3.63, 3.8) is 0 Å². The Kier molecular flexibility index (Phi) is 5.44. The molecule has 1 aromatic carbocycles. The molecule has 0 saturated heterocycles. The molecule has 0 radical (unpaired) electrons. The van der Waals surface area contributed by atoms with Gasteiger partial charge in [-0.05, 0) is 61.9 Å². The second kappa shape index (κ2) is 6.72. The maximum atomic E-state index is 5.97. The first-order valence-electron chi connectivity index (χ1n) is 7.49. The van der Waals surface area contributed by atoms with E-state index < -0.39 is 0 Å². The van der Waals surface area contributed by atoms with Crippen LogP contribution in [-0.2, 0) is 0 Å². The topological polar surface area (TPSA) is 12.0 Å². The van der Waals surface area contributed by atoms with Crippen molar-refractivity contribution in [1.29, 1.82) is 0 Å². The van der Waals surface area contributed by atoms with Crippen LogP contribution >= 0.6 is 23.4 Å². The molecule has 0 bridgehead atoms. The average molecular weight is 312 g/mol. The molecule has 1 N–H and O–H groups in total. The summed E-state index contributed by atoms with van der Waals surface area (Å²) in [6.45, 7) is 7.13. The number of halogens is 1. The molecule has 2 rings (SSSR count). The quantitative estimate of drug-likeness (QED) is 0.819. The number of rotatable bonds is 3. The van der Waals surface area contributed by atoms with Gasteiger partial charge in [0.1, 0.15) is 0 Å². The van der Waals surface area contributed by atoms with E-state index in [4.69, 9.17) is 11.6 Å². The van der Waals surface area contributed by atoms with Crippen LogP contribution in [0.2, 0.25) is 5.02 Å². The van der Waals surface area contributed by atoms with Crippen molar-refractivity contribution >= 4 is 23.4 Å². The molecule has 1 aliphatic rings. The lowest BCUT2D eigenvalue weighted by Gasteiger charge is -2.41. The summed E-state index contributed by atoms with van der Waals surface area (Å²) >= 11 is 7.98. The zero-order valence-electron chi connectivity index (χ0n) is 12.9. The minimum Gasteiger partial charge on any atom is -0.316 e. The van der Waals surface area contributed by atoms with Crippen molar-refractivity contribution in [2.45, 2.75) is 56.2 Å². The van der Waals surface area contributed by atoms with E-state index in [2.05, 4.69) is 45.3 Å². The molecule has 0 aliphatic heterocycles. The maximum Gasteiger partial charge on any atom is 0.0406 e. The predicted molar refractivity (Wildman–Crippen MR) is 90.7 cm³/mol. The lowest BCUT2D eigenvalue weighted by molar-refractivity contribution is 0.167. The van der Waals surface area contributed by atoms with Crippen molar-refractivity contribution in [3.05, 3.63) is 29.3 Å². The fourth-order valence-corrected chi connectivity index (χ4v) is 4.60. The van der Waals surface area contributed by atoms with Crippen LogP contribution in [-0.4, -0.2) is 18.3 Å². The summed E-state index contributed by atoms with van der Waals surface area (Å²) in [5.41, 5.74) is 0.414. The van der Waals surface area contributed by atoms with Gasteiger partial charge in [0, 0.05) is 21.2 Å². The van der Waals surface area contributed by atoms with Crippen molar-refractivity contribution in [1.82, 2.24) is 5.32 Å². The van der Waals surface area contributed by atoms with E-state index in [1.54, 1.807) is 0 Å². The molecule has 1 aliphatic carbocycles. The fourth-order valence-electron chi connectivity index (χ4n) is 3.06. The van der Waals surface area contributed by atoms with Crippen LogP contribution in [0, 0.1) is 11.3 Å². The van der Waals surface area contributed by atoms with E-state index in [-0.39, 0.29) is 0 Å². The minimum absolute atomic E-state index is 0.414.